The molecule has 2 aromatic heterocycles. The van der Waals surface area contributed by atoms with Gasteiger partial charge in [-0.2, -0.15) is 9.37 Å². The molecule has 0 aliphatic heterocycles. The first-order valence-electron chi connectivity index (χ1n) is 9.48. The van der Waals surface area contributed by atoms with Crippen molar-refractivity contribution in [3.05, 3.63) is 29.3 Å². The zero-order valence-electron chi connectivity index (χ0n) is 15.6. The third-order valence-corrected chi connectivity index (χ3v) is 5.11. The summed E-state index contributed by atoms with van der Waals surface area (Å²) < 4.78 is 27.4. The fourth-order valence-electron chi connectivity index (χ4n) is 3.09. The minimum absolute atomic E-state index is 0.0627. The second-order valence-electron chi connectivity index (χ2n) is 6.96. The maximum absolute atomic E-state index is 13.8. The normalized spacial score (nSPS) is 20.6. The summed E-state index contributed by atoms with van der Waals surface area (Å²) in [5, 5.41) is 15.9. The summed E-state index contributed by atoms with van der Waals surface area (Å²) in [5.41, 5.74) is 0.878. The van der Waals surface area contributed by atoms with Gasteiger partial charge < -0.3 is 15.7 Å². The molecule has 0 saturated heterocycles. The molecule has 0 bridgehead atoms. The summed E-state index contributed by atoms with van der Waals surface area (Å²) >= 11 is 5.73. The van der Waals surface area contributed by atoms with E-state index in [4.69, 9.17) is 11.6 Å². The van der Waals surface area contributed by atoms with Crippen LogP contribution in [0.25, 0.3) is 11.3 Å². The first kappa shape index (κ1) is 20.7. The van der Waals surface area contributed by atoms with Crippen LogP contribution in [0.5, 0.6) is 0 Å². The number of halogens is 3. The molecule has 3 N–H and O–H groups in total. The van der Waals surface area contributed by atoms with Crippen LogP contribution in [0.3, 0.4) is 0 Å². The first-order chi connectivity index (χ1) is 13.5. The Bertz CT molecular complexity index is 802. The van der Waals surface area contributed by atoms with Crippen molar-refractivity contribution >= 4 is 23.4 Å². The van der Waals surface area contributed by atoms with Crippen LogP contribution in [0.4, 0.5) is 20.5 Å². The van der Waals surface area contributed by atoms with Crippen molar-refractivity contribution in [3.63, 3.8) is 0 Å². The summed E-state index contributed by atoms with van der Waals surface area (Å²) in [5.74, 6) is 0.00368. The molecule has 9 heteroatoms. The van der Waals surface area contributed by atoms with Gasteiger partial charge in [-0.05, 0) is 44.2 Å². The van der Waals surface area contributed by atoms with E-state index in [1.807, 2.05) is 0 Å². The van der Waals surface area contributed by atoms with E-state index >= 15 is 0 Å². The Balaban J connectivity index is 1.87. The van der Waals surface area contributed by atoms with Gasteiger partial charge in [-0.1, -0.05) is 18.5 Å². The number of hydrogen-bond acceptors (Lipinski definition) is 6. The number of aromatic nitrogens is 3. The molecule has 28 heavy (non-hydrogen) atoms. The molecule has 6 nitrogen and oxygen atoms in total. The highest BCUT2D eigenvalue weighted by Gasteiger charge is 2.22. The molecule has 1 saturated carbocycles. The van der Waals surface area contributed by atoms with Crippen molar-refractivity contribution in [1.29, 1.82) is 0 Å². The molecule has 0 amide bonds. The van der Waals surface area contributed by atoms with Crippen molar-refractivity contribution in [3.8, 4) is 11.3 Å². The minimum Gasteiger partial charge on any atom is -0.393 e. The molecule has 0 aromatic carbocycles. The predicted octanol–water partition coefficient (Wildman–Crippen LogP) is 4.21. The fraction of sp³-hybridized carbons (Fsp3) is 0.526. The lowest BCUT2D eigenvalue weighted by atomic mass is 9.93. The van der Waals surface area contributed by atoms with Crippen molar-refractivity contribution in [1.82, 2.24) is 15.0 Å². The van der Waals surface area contributed by atoms with Crippen LogP contribution in [0.15, 0.2) is 18.3 Å². The van der Waals surface area contributed by atoms with Crippen LogP contribution in [0.1, 0.15) is 39.0 Å². The molecule has 1 unspecified atom stereocenters. The van der Waals surface area contributed by atoms with E-state index in [2.05, 4.69) is 25.6 Å². The Morgan fingerprint density at radius 2 is 2.00 bits per heavy atom. The van der Waals surface area contributed by atoms with Crippen molar-refractivity contribution in [2.24, 2.45) is 0 Å². The largest absolute Gasteiger partial charge is 0.393 e. The maximum atomic E-state index is 13.8. The molecule has 2 aromatic rings. The van der Waals surface area contributed by atoms with Gasteiger partial charge in [0, 0.05) is 18.8 Å². The number of pyridine rings is 1. The smallest absolute Gasteiger partial charge is 0.232 e. The monoisotopic (exact) mass is 411 g/mol. The standard InChI is InChI=1S/C19H24ClF2N5O/c1-2-11(21)9-23-19-24-10-14(16-8-7-15(20)17(22)26-16)18(27-19)25-12-3-5-13(28)6-4-12/h7-8,10-13,28H,2-6,9H2,1H3,(H2,23,24,25,27). The molecular formula is C19H24ClF2N5O. The Hall–Kier alpha value is -2.06. The van der Waals surface area contributed by atoms with Crippen molar-refractivity contribution in [2.45, 2.75) is 57.3 Å². The highest BCUT2D eigenvalue weighted by atomic mass is 35.5. The lowest BCUT2D eigenvalue weighted by molar-refractivity contribution is 0.126. The number of nitrogens with one attached hydrogen (secondary N) is 2. The Labute approximate surface area is 167 Å². The highest BCUT2D eigenvalue weighted by Crippen LogP contribution is 2.30. The van der Waals surface area contributed by atoms with Crippen LogP contribution in [0, 0.1) is 5.95 Å². The quantitative estimate of drug-likeness (QED) is 0.592. The number of rotatable bonds is 7. The zero-order valence-corrected chi connectivity index (χ0v) is 16.4. The number of aliphatic hydroxyl groups is 1. The molecule has 3 rings (SSSR count). The second kappa shape index (κ2) is 9.43. The van der Waals surface area contributed by atoms with E-state index in [0.29, 0.717) is 36.3 Å². The molecule has 1 aliphatic carbocycles. The van der Waals surface area contributed by atoms with E-state index in [1.54, 1.807) is 13.0 Å². The third-order valence-electron chi connectivity index (χ3n) is 4.83. The van der Waals surface area contributed by atoms with Crippen LogP contribution in [-0.2, 0) is 0 Å². The van der Waals surface area contributed by atoms with Gasteiger partial charge in [0.15, 0.2) is 0 Å². The highest BCUT2D eigenvalue weighted by molar-refractivity contribution is 6.30. The second-order valence-corrected chi connectivity index (χ2v) is 7.37. The summed E-state index contributed by atoms with van der Waals surface area (Å²) in [6.45, 7) is 1.88. The summed E-state index contributed by atoms with van der Waals surface area (Å²) in [7, 11) is 0. The van der Waals surface area contributed by atoms with Crippen molar-refractivity contribution in [2.75, 3.05) is 17.2 Å². The number of hydrogen-bond donors (Lipinski definition) is 3. The molecule has 152 valence electrons. The number of nitrogens with zero attached hydrogens (tertiary/aromatic N) is 3. The van der Waals surface area contributed by atoms with Gasteiger partial charge in [0.05, 0.1) is 22.4 Å². The van der Waals surface area contributed by atoms with Gasteiger partial charge in [-0.3, -0.25) is 0 Å². The minimum atomic E-state index is -0.994. The molecule has 0 radical (unpaired) electrons. The van der Waals surface area contributed by atoms with Gasteiger partial charge in [-0.15, -0.1) is 0 Å². The van der Waals surface area contributed by atoms with E-state index < -0.39 is 12.1 Å². The lowest BCUT2D eigenvalue weighted by Crippen LogP contribution is -2.29. The van der Waals surface area contributed by atoms with E-state index in [0.717, 1.165) is 12.8 Å². The number of anilines is 2. The summed E-state index contributed by atoms with van der Waals surface area (Å²) in [6.07, 6.45) is 3.65. The summed E-state index contributed by atoms with van der Waals surface area (Å²) in [6, 6.07) is 3.15. The van der Waals surface area contributed by atoms with Gasteiger partial charge >= 0.3 is 0 Å². The molecule has 1 atom stereocenters. The Morgan fingerprint density at radius 1 is 1.25 bits per heavy atom. The zero-order chi connectivity index (χ0) is 20.1. The van der Waals surface area contributed by atoms with E-state index in [9.17, 15) is 13.9 Å². The maximum Gasteiger partial charge on any atom is 0.232 e. The predicted molar refractivity (Wildman–Crippen MR) is 106 cm³/mol. The lowest BCUT2D eigenvalue weighted by Gasteiger charge is -2.27. The molecule has 2 heterocycles. The van der Waals surface area contributed by atoms with Crippen LogP contribution < -0.4 is 10.6 Å². The van der Waals surface area contributed by atoms with Crippen molar-refractivity contribution < 1.29 is 13.9 Å². The molecule has 1 fully saturated rings. The van der Waals surface area contributed by atoms with Crippen LogP contribution >= 0.6 is 11.6 Å². The molecule has 0 spiro atoms. The van der Waals surface area contributed by atoms with Gasteiger partial charge in [0.1, 0.15) is 12.0 Å². The van der Waals surface area contributed by atoms with E-state index in [-0.39, 0.29) is 29.7 Å². The number of alkyl halides is 1. The van der Waals surface area contributed by atoms with Gasteiger partial charge in [0.2, 0.25) is 11.9 Å². The first-order valence-corrected chi connectivity index (χ1v) is 9.86. The third kappa shape index (κ3) is 5.26. The van der Waals surface area contributed by atoms with Gasteiger partial charge in [0.25, 0.3) is 0 Å². The fourth-order valence-corrected chi connectivity index (χ4v) is 3.20. The SMILES string of the molecule is CCC(F)CNc1ncc(-c2ccc(Cl)c(F)n2)c(NC2CCC(O)CC2)n1. The summed E-state index contributed by atoms with van der Waals surface area (Å²) in [4.78, 5) is 12.6. The number of aliphatic hydroxyl groups excluding tert-OH is 1. The molecular weight excluding hydrogens is 388 g/mol. The Kier molecular flexibility index (Phi) is 6.96. The topological polar surface area (TPSA) is 83.0 Å². The molecule has 1 aliphatic rings. The van der Waals surface area contributed by atoms with Crippen LogP contribution in [-0.4, -0.2) is 44.9 Å². The van der Waals surface area contributed by atoms with E-state index in [1.165, 1.54) is 12.3 Å². The van der Waals surface area contributed by atoms with Crippen LogP contribution in [0.2, 0.25) is 5.02 Å². The Morgan fingerprint density at radius 3 is 2.68 bits per heavy atom. The average molecular weight is 412 g/mol. The average Bonchev–Trinajstić information content (AvgIpc) is 2.70. The van der Waals surface area contributed by atoms with Gasteiger partial charge in [-0.25, -0.2) is 14.4 Å².